The van der Waals surface area contributed by atoms with Crippen LogP contribution in [0.5, 0.6) is 0 Å². The van der Waals surface area contributed by atoms with Crippen LogP contribution in [-0.2, 0) is 19.2 Å². The highest BCUT2D eigenvalue weighted by atomic mass is 16.2. The van der Waals surface area contributed by atoms with E-state index in [0.717, 1.165) is 19.3 Å². The number of Topliss-reactive ketones (excluding diaryl/α,β-unsaturated/α-hetero) is 1. The van der Waals surface area contributed by atoms with Crippen molar-refractivity contribution < 1.29 is 24.0 Å². The number of hydrogen-bond acceptors (Lipinski definition) is 5. The highest BCUT2D eigenvalue weighted by molar-refractivity contribution is 6.37. The van der Waals surface area contributed by atoms with Crippen LogP contribution in [0.1, 0.15) is 81.1 Å². The minimum Gasteiger partial charge on any atom is -0.363 e. The van der Waals surface area contributed by atoms with Crippen molar-refractivity contribution in [3.05, 3.63) is 0 Å². The van der Waals surface area contributed by atoms with Gasteiger partial charge in [0.05, 0.1) is 6.04 Å². The lowest BCUT2D eigenvalue weighted by Crippen LogP contribution is -2.62. The fourth-order valence-electron chi connectivity index (χ4n) is 5.86. The van der Waals surface area contributed by atoms with Crippen molar-refractivity contribution in [3.63, 3.8) is 0 Å². The summed E-state index contributed by atoms with van der Waals surface area (Å²) in [5, 5.41) is 8.44. The summed E-state index contributed by atoms with van der Waals surface area (Å²) in [6, 6.07) is -3.13. The third-order valence-corrected chi connectivity index (χ3v) is 8.31. The van der Waals surface area contributed by atoms with Crippen molar-refractivity contribution in [3.8, 4) is 0 Å². The van der Waals surface area contributed by atoms with E-state index in [9.17, 15) is 24.0 Å². The minimum atomic E-state index is -1.07. The minimum absolute atomic E-state index is 0.0755. The Morgan fingerprint density at radius 2 is 1.59 bits per heavy atom. The highest BCUT2D eigenvalue weighted by Crippen LogP contribution is 2.65. The Labute approximate surface area is 220 Å². The van der Waals surface area contributed by atoms with E-state index in [4.69, 9.17) is 5.73 Å². The van der Waals surface area contributed by atoms with Crippen LogP contribution >= 0.6 is 0 Å². The van der Waals surface area contributed by atoms with Gasteiger partial charge in [0.2, 0.25) is 17.6 Å². The van der Waals surface area contributed by atoms with Crippen molar-refractivity contribution in [1.29, 1.82) is 0 Å². The summed E-state index contributed by atoms with van der Waals surface area (Å²) in [5.41, 5.74) is 4.04. The second-order valence-electron chi connectivity index (χ2n) is 13.9. The molecule has 3 fully saturated rings. The normalized spacial score (nSPS) is 26.3. The quantitative estimate of drug-likeness (QED) is 0.360. The summed E-state index contributed by atoms with van der Waals surface area (Å²) < 4.78 is 0. The largest absolute Gasteiger partial charge is 0.363 e. The van der Waals surface area contributed by atoms with Crippen LogP contribution in [0.4, 0.5) is 4.79 Å². The maximum Gasteiger partial charge on any atom is 0.315 e. The van der Waals surface area contributed by atoms with E-state index in [1.807, 2.05) is 41.5 Å². The maximum atomic E-state index is 13.9. The molecule has 3 rings (SSSR count). The van der Waals surface area contributed by atoms with Gasteiger partial charge in [0.25, 0.3) is 5.91 Å². The Balaban J connectivity index is 1.83. The molecule has 0 radical (unpaired) electrons. The monoisotopic (exact) mass is 519 g/mol. The summed E-state index contributed by atoms with van der Waals surface area (Å²) in [5.74, 6) is -2.35. The number of ketones is 1. The first-order valence-electron chi connectivity index (χ1n) is 13.4. The first kappa shape index (κ1) is 28.9. The van der Waals surface area contributed by atoms with Crippen molar-refractivity contribution >= 4 is 29.5 Å². The summed E-state index contributed by atoms with van der Waals surface area (Å²) in [6.45, 7) is 15.7. The van der Waals surface area contributed by atoms with Gasteiger partial charge in [-0.3, -0.25) is 19.2 Å². The number of carbonyl (C=O) groups excluding carboxylic acids is 5. The number of carbonyl (C=O) groups is 5. The first-order valence-corrected chi connectivity index (χ1v) is 13.4. The standard InChI is InChI=1S/C27H45N5O5/c1-25(2,3)20(30-24(37)31-26(4,5)6)23(36)32-13-15-17(27(15,7)8)18(32)22(35)29-16(19(33)21(28)34)12-14-10-9-11-14/h14-18,20H,9-13H2,1-8H3,(H2,28,34)(H,29,35)(H2,30,31,37)/t15?,16-,17?,18+,20-/m1/s1. The number of nitrogens with zero attached hydrogens (tertiary/aromatic N) is 1. The number of fused-ring (bicyclic) bond motifs is 1. The topological polar surface area (TPSA) is 151 Å². The molecule has 10 nitrogen and oxygen atoms in total. The zero-order chi connectivity index (χ0) is 28.1. The van der Waals surface area contributed by atoms with Crippen LogP contribution in [0.25, 0.3) is 0 Å². The van der Waals surface area contributed by atoms with Gasteiger partial charge in [0.1, 0.15) is 12.1 Å². The average Bonchev–Trinajstić information content (AvgIpc) is 3.06. The molecule has 208 valence electrons. The Kier molecular flexibility index (Phi) is 7.74. The number of urea groups is 1. The smallest absolute Gasteiger partial charge is 0.315 e. The molecule has 1 saturated heterocycles. The van der Waals surface area contributed by atoms with E-state index in [0.29, 0.717) is 13.0 Å². The number of hydrogen-bond donors (Lipinski definition) is 4. The van der Waals surface area contributed by atoms with Gasteiger partial charge >= 0.3 is 6.03 Å². The fraction of sp³-hybridized carbons (Fsp3) is 0.815. The van der Waals surface area contributed by atoms with E-state index in [2.05, 4.69) is 29.8 Å². The molecule has 2 saturated carbocycles. The number of rotatable bonds is 8. The molecule has 0 aromatic carbocycles. The number of primary amides is 1. The van der Waals surface area contributed by atoms with Crippen molar-refractivity contribution in [2.45, 2.75) is 105 Å². The molecule has 5 atom stereocenters. The summed E-state index contributed by atoms with van der Waals surface area (Å²) in [4.78, 5) is 66.1. The highest BCUT2D eigenvalue weighted by Gasteiger charge is 2.70. The Hall–Kier alpha value is -2.65. The summed E-state index contributed by atoms with van der Waals surface area (Å²) in [6.07, 6.45) is 3.31. The number of nitrogens with two attached hydrogens (primary N) is 1. The van der Waals surface area contributed by atoms with Crippen LogP contribution < -0.4 is 21.7 Å². The van der Waals surface area contributed by atoms with E-state index >= 15 is 0 Å². The van der Waals surface area contributed by atoms with E-state index in [1.165, 1.54) is 0 Å². The lowest BCUT2D eigenvalue weighted by molar-refractivity contribution is -0.145. The molecular weight excluding hydrogens is 474 g/mol. The molecule has 0 spiro atoms. The number of amides is 5. The van der Waals surface area contributed by atoms with E-state index in [-0.39, 0.29) is 29.1 Å². The Morgan fingerprint density at radius 3 is 2.05 bits per heavy atom. The third kappa shape index (κ3) is 6.26. The van der Waals surface area contributed by atoms with Gasteiger partial charge in [-0.15, -0.1) is 0 Å². The molecule has 0 aromatic rings. The summed E-state index contributed by atoms with van der Waals surface area (Å²) >= 11 is 0. The predicted molar refractivity (Wildman–Crippen MR) is 139 cm³/mol. The number of nitrogens with one attached hydrogen (secondary N) is 3. The van der Waals surface area contributed by atoms with Gasteiger partial charge in [-0.2, -0.15) is 0 Å². The van der Waals surface area contributed by atoms with Crippen LogP contribution in [-0.4, -0.2) is 64.6 Å². The van der Waals surface area contributed by atoms with Crippen molar-refractivity contribution in [2.24, 2.45) is 34.3 Å². The van der Waals surface area contributed by atoms with Gasteiger partial charge in [-0.1, -0.05) is 53.9 Å². The lowest BCUT2D eigenvalue weighted by atomic mass is 9.80. The number of likely N-dealkylation sites (tertiary alicyclic amines) is 1. The maximum absolute atomic E-state index is 13.9. The molecule has 2 unspecified atom stereocenters. The summed E-state index contributed by atoms with van der Waals surface area (Å²) in [7, 11) is 0. The lowest BCUT2D eigenvalue weighted by Gasteiger charge is -2.38. The second kappa shape index (κ2) is 9.91. The molecule has 5 amide bonds. The van der Waals surface area contributed by atoms with Crippen LogP contribution in [0, 0.1) is 28.6 Å². The van der Waals surface area contributed by atoms with Crippen LogP contribution in [0.3, 0.4) is 0 Å². The van der Waals surface area contributed by atoms with Gasteiger partial charge < -0.3 is 26.6 Å². The van der Waals surface area contributed by atoms with Crippen molar-refractivity contribution in [1.82, 2.24) is 20.9 Å². The molecule has 0 aromatic heterocycles. The van der Waals surface area contributed by atoms with Gasteiger partial charge in [0, 0.05) is 12.1 Å². The second-order valence-corrected chi connectivity index (χ2v) is 13.9. The van der Waals surface area contributed by atoms with Gasteiger partial charge in [-0.05, 0) is 55.8 Å². The molecule has 5 N–H and O–H groups in total. The Morgan fingerprint density at radius 1 is 1.00 bits per heavy atom. The third-order valence-electron chi connectivity index (χ3n) is 8.31. The molecule has 0 bridgehead atoms. The molecule has 3 aliphatic rings. The zero-order valence-electron chi connectivity index (χ0n) is 23.6. The SMILES string of the molecule is CC(C)(C)NC(=O)N[C@H](C(=O)N1CC2C([C@H]1C(=O)N[C@H](CC1CCC1)C(=O)C(N)=O)C2(C)C)C(C)(C)C. The molecular formula is C27H45N5O5. The molecule has 10 heteroatoms. The predicted octanol–water partition coefficient (Wildman–Crippen LogP) is 1.71. The Bertz CT molecular complexity index is 959. The molecule has 37 heavy (non-hydrogen) atoms. The van der Waals surface area contributed by atoms with Crippen LogP contribution in [0.15, 0.2) is 0 Å². The van der Waals surface area contributed by atoms with Crippen molar-refractivity contribution in [2.75, 3.05) is 6.54 Å². The van der Waals surface area contributed by atoms with Gasteiger partial charge in [0.15, 0.2) is 0 Å². The molecule has 1 aliphatic heterocycles. The number of piperidine rings is 1. The first-order chi connectivity index (χ1) is 16.8. The molecule has 2 aliphatic carbocycles. The molecule has 1 heterocycles. The van der Waals surface area contributed by atoms with E-state index in [1.54, 1.807) is 4.90 Å². The van der Waals surface area contributed by atoms with Gasteiger partial charge in [-0.25, -0.2) is 4.79 Å². The fourth-order valence-corrected chi connectivity index (χ4v) is 5.86. The van der Waals surface area contributed by atoms with Crippen LogP contribution in [0.2, 0.25) is 0 Å². The van der Waals surface area contributed by atoms with E-state index < -0.39 is 52.7 Å². The zero-order valence-corrected chi connectivity index (χ0v) is 23.6. The average molecular weight is 520 g/mol.